The van der Waals surface area contributed by atoms with Crippen LogP contribution < -0.4 is 5.32 Å². The number of nitrogens with zero attached hydrogens (tertiary/aromatic N) is 4. The molecule has 41 heavy (non-hydrogen) atoms. The summed E-state index contributed by atoms with van der Waals surface area (Å²) in [6.45, 7) is 5.18. The van der Waals surface area contributed by atoms with Gasteiger partial charge in [0.05, 0.1) is 6.20 Å². The molecule has 0 amide bonds. The third kappa shape index (κ3) is 6.26. The Kier molecular flexibility index (Phi) is 9.68. The molecule has 4 rings (SSSR count). The average Bonchev–Trinajstić information content (AvgIpc) is 3.37. The summed E-state index contributed by atoms with van der Waals surface area (Å²) in [6.07, 6.45) is 10.1. The van der Waals surface area contributed by atoms with E-state index in [0.717, 1.165) is 59.3 Å². The molecule has 1 fully saturated rings. The molecule has 3 N–H and O–H groups in total. The van der Waals surface area contributed by atoms with Crippen LogP contribution in [0.15, 0.2) is 54.0 Å². The van der Waals surface area contributed by atoms with Crippen molar-refractivity contribution in [3.05, 3.63) is 54.0 Å². The first-order valence-corrected chi connectivity index (χ1v) is 16.4. The molecule has 4 unspecified atom stereocenters. The Hall–Kier alpha value is -1.50. The number of aliphatic hydroxyl groups is 2. The number of hydrogen-bond donors (Lipinski definition) is 5. The second-order valence-electron chi connectivity index (χ2n) is 12.1. The van der Waals surface area contributed by atoms with Crippen molar-refractivity contribution in [2.45, 2.75) is 53.6 Å². The zero-order valence-corrected chi connectivity index (χ0v) is 27.8. The van der Waals surface area contributed by atoms with Gasteiger partial charge in [-0.1, -0.05) is 19.1 Å². The fourth-order valence-corrected chi connectivity index (χ4v) is 7.95. The van der Waals surface area contributed by atoms with Crippen molar-refractivity contribution in [1.82, 2.24) is 19.7 Å². The molecule has 3 aromatic rings. The van der Waals surface area contributed by atoms with Crippen molar-refractivity contribution in [3.8, 4) is 11.1 Å². The highest BCUT2D eigenvalue weighted by atomic mass is 32.2. The van der Waals surface area contributed by atoms with Gasteiger partial charge in [-0.05, 0) is 74.0 Å². The third-order valence-electron chi connectivity index (χ3n) is 9.29. The number of hydrogen-bond acceptors (Lipinski definition) is 9. The van der Waals surface area contributed by atoms with Gasteiger partial charge < -0.3 is 15.5 Å². The molecular formula is C28H42B3N5O2S3. The number of allylic oxidation sites excluding steroid dienone is 1. The molecule has 0 saturated carbocycles. The van der Waals surface area contributed by atoms with E-state index in [1.165, 1.54) is 0 Å². The van der Waals surface area contributed by atoms with Crippen LogP contribution in [0.3, 0.4) is 0 Å². The third-order valence-corrected chi connectivity index (χ3v) is 11.3. The van der Waals surface area contributed by atoms with Crippen LogP contribution in [0.5, 0.6) is 0 Å². The standard InChI is InChI=1S/C28H42B3N5O2S3/c1-5-26(38,39)27(30,25(2,29)37)28(31,40)36-10-8-18(9-11-36)23(17-41-4)34-24-13-21-12-19(6-7-20(21)14-32-24)22-15-33-35(3)16-22/h6-7,12-18,37-40H,5,8-11,29-31H2,1-4H3,(H,32,34)/b23-17+. The van der Waals surface area contributed by atoms with E-state index in [1.54, 1.807) is 26.5 Å². The topological polar surface area (TPSA) is 86.4 Å². The Bertz CT molecular complexity index is 1400. The largest absolute Gasteiger partial charge is 0.399 e. The molecule has 0 spiro atoms. The molecule has 0 aliphatic carbocycles. The second kappa shape index (κ2) is 12.2. The van der Waals surface area contributed by atoms with Gasteiger partial charge >= 0.3 is 0 Å². The summed E-state index contributed by atoms with van der Waals surface area (Å²) in [6, 6.07) is 8.50. The number of piperidine rings is 1. The fourth-order valence-electron chi connectivity index (χ4n) is 6.21. The summed E-state index contributed by atoms with van der Waals surface area (Å²) >= 11 is 11.5. The Morgan fingerprint density at radius 3 is 2.37 bits per heavy atom. The van der Waals surface area contributed by atoms with Crippen molar-refractivity contribution in [2.75, 3.05) is 24.7 Å². The maximum absolute atomic E-state index is 11.4. The molecule has 1 saturated heterocycles. The minimum Gasteiger partial charge on any atom is -0.399 e. The smallest absolute Gasteiger partial charge is 0.142 e. The molecule has 7 nitrogen and oxygen atoms in total. The van der Waals surface area contributed by atoms with Crippen molar-refractivity contribution in [1.29, 1.82) is 0 Å². The Labute approximate surface area is 262 Å². The summed E-state index contributed by atoms with van der Waals surface area (Å²) in [5.74, 6) is 1.14. The first kappa shape index (κ1) is 32.4. The Morgan fingerprint density at radius 1 is 1.12 bits per heavy atom. The molecule has 3 heterocycles. The predicted molar refractivity (Wildman–Crippen MR) is 188 cm³/mol. The summed E-state index contributed by atoms with van der Waals surface area (Å²) in [5.41, 5.74) is 2.14. The molecule has 1 aromatic carbocycles. The molecule has 0 radical (unpaired) electrons. The molecule has 4 atom stereocenters. The highest BCUT2D eigenvalue weighted by Crippen LogP contribution is 2.58. The number of rotatable bonds is 10. The SMILES string of the molecule is BC(C)(O)C(B)(C(O)(S)CC)C(B)(S)N1CCC(/C(=C\SC)Nc2cc3cc(-c4cnn(C)c4)ccc3cn2)CC1. The molecule has 1 aliphatic heterocycles. The summed E-state index contributed by atoms with van der Waals surface area (Å²) in [5, 5.41) is 34.0. The Balaban J connectivity index is 1.52. The van der Waals surface area contributed by atoms with E-state index in [0.29, 0.717) is 12.3 Å². The lowest BCUT2D eigenvalue weighted by Gasteiger charge is -2.62. The van der Waals surface area contributed by atoms with E-state index in [-0.39, 0.29) is 0 Å². The van der Waals surface area contributed by atoms with Crippen LogP contribution >= 0.6 is 37.0 Å². The van der Waals surface area contributed by atoms with Crippen LogP contribution in [0.2, 0.25) is 5.31 Å². The lowest BCUT2D eigenvalue weighted by atomic mass is 9.41. The van der Waals surface area contributed by atoms with Crippen LogP contribution in [0.1, 0.15) is 33.1 Å². The van der Waals surface area contributed by atoms with Gasteiger partial charge in [0.15, 0.2) is 0 Å². The number of anilines is 1. The van der Waals surface area contributed by atoms with Crippen molar-refractivity contribution in [3.63, 3.8) is 0 Å². The van der Waals surface area contributed by atoms with E-state index in [2.05, 4.69) is 63.9 Å². The minimum absolute atomic E-state index is 0.316. The van der Waals surface area contributed by atoms with Crippen molar-refractivity contribution < 1.29 is 10.2 Å². The van der Waals surface area contributed by atoms with Crippen LogP contribution in [0, 0.1) is 5.92 Å². The summed E-state index contributed by atoms with van der Waals surface area (Å²) in [4.78, 5) is 5.59. The average molecular weight is 609 g/mol. The maximum Gasteiger partial charge on any atom is 0.142 e. The number of nitrogens with one attached hydrogen (secondary N) is 1. The molecule has 13 heteroatoms. The number of thioether (sulfide) groups is 1. The lowest BCUT2D eigenvalue weighted by molar-refractivity contribution is -0.0497. The van der Waals surface area contributed by atoms with E-state index < -0.39 is 20.5 Å². The first-order chi connectivity index (χ1) is 19.1. The van der Waals surface area contributed by atoms with Gasteiger partial charge in [0, 0.05) is 57.6 Å². The molecular weight excluding hydrogens is 567 g/mol. The Morgan fingerprint density at radius 2 is 1.80 bits per heavy atom. The van der Waals surface area contributed by atoms with Crippen LogP contribution in [-0.4, -0.2) is 88.0 Å². The quantitative estimate of drug-likeness (QED) is 0.137. The predicted octanol–water partition coefficient (Wildman–Crippen LogP) is 2.34. The normalized spacial score (nSPS) is 21.5. The van der Waals surface area contributed by atoms with E-state index >= 15 is 0 Å². The zero-order chi connectivity index (χ0) is 30.2. The molecule has 1 aliphatic rings. The van der Waals surface area contributed by atoms with Gasteiger partial charge in [-0.25, -0.2) is 4.98 Å². The molecule has 218 valence electrons. The number of benzene rings is 1. The highest BCUT2D eigenvalue weighted by molar-refractivity contribution is 8.01. The van der Waals surface area contributed by atoms with Gasteiger partial charge in [0.25, 0.3) is 0 Å². The number of aryl methyl sites for hydroxylation is 1. The fraction of sp³-hybridized carbons (Fsp3) is 0.500. The van der Waals surface area contributed by atoms with Crippen LogP contribution in [0.4, 0.5) is 5.82 Å². The molecule has 0 bridgehead atoms. The van der Waals surface area contributed by atoms with Crippen LogP contribution in [-0.2, 0) is 7.05 Å². The maximum atomic E-state index is 11.4. The highest BCUT2D eigenvalue weighted by Gasteiger charge is 2.62. The monoisotopic (exact) mass is 609 g/mol. The second-order valence-corrected chi connectivity index (χ2v) is 14.4. The van der Waals surface area contributed by atoms with Crippen LogP contribution in [0.25, 0.3) is 21.9 Å². The molecule has 2 aromatic heterocycles. The number of fused-ring (bicyclic) bond motifs is 1. The van der Waals surface area contributed by atoms with Gasteiger partial charge in [-0.3, -0.25) is 9.58 Å². The van der Waals surface area contributed by atoms with Crippen molar-refractivity contribution in [2.24, 2.45) is 13.0 Å². The van der Waals surface area contributed by atoms with Gasteiger partial charge in [-0.15, -0.1) is 24.4 Å². The minimum atomic E-state index is -1.41. The van der Waals surface area contributed by atoms with Gasteiger partial charge in [-0.2, -0.15) is 17.7 Å². The van der Waals surface area contributed by atoms with Crippen molar-refractivity contribution >= 4 is 77.1 Å². The van der Waals surface area contributed by atoms with E-state index in [9.17, 15) is 10.2 Å². The number of pyridine rings is 1. The van der Waals surface area contributed by atoms with Gasteiger partial charge in [0.1, 0.15) is 34.3 Å². The number of thiol groups is 2. The first-order valence-electron chi connectivity index (χ1n) is 14.2. The van der Waals surface area contributed by atoms with Gasteiger partial charge in [0.2, 0.25) is 0 Å². The summed E-state index contributed by atoms with van der Waals surface area (Å²) in [7, 11) is 7.56. The van der Waals surface area contributed by atoms with E-state index in [1.807, 2.05) is 52.9 Å². The summed E-state index contributed by atoms with van der Waals surface area (Å²) < 4.78 is 0.999. The number of likely N-dealkylation sites (tertiary alicyclic amines) is 1. The number of aromatic nitrogens is 3. The lowest BCUT2D eigenvalue weighted by Crippen LogP contribution is -2.69. The zero-order valence-electron chi connectivity index (χ0n) is 25.2. The van der Waals surface area contributed by atoms with E-state index in [4.69, 9.17) is 17.6 Å².